The molecule has 102 valence electrons. The predicted molar refractivity (Wildman–Crippen MR) is 80.5 cm³/mol. The summed E-state index contributed by atoms with van der Waals surface area (Å²) in [5.74, 6) is 0.290. The van der Waals surface area contributed by atoms with E-state index in [2.05, 4.69) is 11.9 Å². The van der Waals surface area contributed by atoms with Gasteiger partial charge in [0.15, 0.2) is 11.3 Å². The van der Waals surface area contributed by atoms with Crippen LogP contribution >= 0.6 is 23.2 Å². The van der Waals surface area contributed by atoms with Gasteiger partial charge in [0.1, 0.15) is 5.52 Å². The van der Waals surface area contributed by atoms with Crippen LogP contribution < -0.4 is 0 Å². The van der Waals surface area contributed by atoms with E-state index in [1.54, 1.807) is 12.1 Å². The molecule has 0 amide bonds. The Morgan fingerprint density at radius 3 is 2.50 bits per heavy atom. The van der Waals surface area contributed by atoms with Crippen LogP contribution in [0.25, 0.3) is 22.6 Å². The topological polar surface area (TPSA) is 46.3 Å². The lowest BCUT2D eigenvalue weighted by atomic mass is 10.1. The van der Waals surface area contributed by atoms with Gasteiger partial charge in [-0.15, -0.1) is 0 Å². The predicted octanol–water partition coefficient (Wildman–Crippen LogP) is 5.07. The molecular formula is C15H11Cl2NO2. The number of hydrogen-bond acceptors (Lipinski definition) is 3. The van der Waals surface area contributed by atoms with E-state index < -0.39 is 0 Å². The molecule has 0 bridgehead atoms. The molecule has 0 radical (unpaired) electrons. The van der Waals surface area contributed by atoms with E-state index in [0.29, 0.717) is 17.0 Å². The van der Waals surface area contributed by atoms with Crippen LogP contribution in [0, 0.1) is 0 Å². The van der Waals surface area contributed by atoms with Crippen LogP contribution in [0.1, 0.15) is 12.5 Å². The highest BCUT2D eigenvalue weighted by Crippen LogP contribution is 2.36. The Hall–Kier alpha value is -1.71. The number of fused-ring (bicyclic) bond motifs is 1. The lowest BCUT2D eigenvalue weighted by molar-refractivity contribution is 0.476. The first-order valence-electron chi connectivity index (χ1n) is 6.16. The van der Waals surface area contributed by atoms with Crippen molar-refractivity contribution < 1.29 is 9.52 Å². The van der Waals surface area contributed by atoms with Crippen LogP contribution in [-0.4, -0.2) is 10.1 Å². The first-order chi connectivity index (χ1) is 9.58. The van der Waals surface area contributed by atoms with Gasteiger partial charge in [-0.3, -0.25) is 0 Å². The lowest BCUT2D eigenvalue weighted by Gasteiger charge is -2.01. The SMILES string of the molecule is CCc1ccc2oc(-c3cc(Cl)c(O)c(Cl)c3)nc2c1. The molecule has 0 saturated carbocycles. The highest BCUT2D eigenvalue weighted by Gasteiger charge is 2.13. The van der Waals surface area contributed by atoms with Crippen molar-refractivity contribution in [3.63, 3.8) is 0 Å². The summed E-state index contributed by atoms with van der Waals surface area (Å²) in [6.07, 6.45) is 0.939. The van der Waals surface area contributed by atoms with Gasteiger partial charge in [0.25, 0.3) is 0 Å². The monoisotopic (exact) mass is 307 g/mol. The van der Waals surface area contributed by atoms with Gasteiger partial charge in [0, 0.05) is 5.56 Å². The summed E-state index contributed by atoms with van der Waals surface area (Å²) >= 11 is 11.8. The molecule has 3 rings (SSSR count). The molecule has 0 aliphatic heterocycles. The second-order valence-electron chi connectivity index (χ2n) is 4.46. The molecule has 1 N–H and O–H groups in total. The van der Waals surface area contributed by atoms with Gasteiger partial charge in [-0.25, -0.2) is 4.98 Å². The summed E-state index contributed by atoms with van der Waals surface area (Å²) in [6, 6.07) is 9.05. The Kier molecular flexibility index (Phi) is 3.32. The van der Waals surface area contributed by atoms with Crippen molar-refractivity contribution in [2.75, 3.05) is 0 Å². The van der Waals surface area contributed by atoms with E-state index in [1.165, 1.54) is 5.56 Å². The van der Waals surface area contributed by atoms with Gasteiger partial charge in [-0.1, -0.05) is 36.2 Å². The third-order valence-corrected chi connectivity index (χ3v) is 3.70. The van der Waals surface area contributed by atoms with E-state index in [9.17, 15) is 5.11 Å². The van der Waals surface area contributed by atoms with E-state index in [4.69, 9.17) is 27.6 Å². The summed E-state index contributed by atoms with van der Waals surface area (Å²) in [5, 5.41) is 9.91. The molecule has 0 aliphatic rings. The normalized spacial score (nSPS) is 11.2. The van der Waals surface area contributed by atoms with Gasteiger partial charge < -0.3 is 9.52 Å². The molecular weight excluding hydrogens is 297 g/mol. The molecule has 1 heterocycles. The van der Waals surface area contributed by atoms with E-state index in [1.807, 2.05) is 18.2 Å². The highest BCUT2D eigenvalue weighted by molar-refractivity contribution is 6.37. The number of nitrogens with zero attached hydrogens (tertiary/aromatic N) is 1. The number of aryl methyl sites for hydroxylation is 1. The molecule has 5 heteroatoms. The number of rotatable bonds is 2. The number of halogens is 2. The number of phenolic OH excluding ortho intramolecular Hbond substituents is 1. The Balaban J connectivity index is 2.14. The maximum atomic E-state index is 9.57. The maximum absolute atomic E-state index is 9.57. The minimum absolute atomic E-state index is 0.138. The second-order valence-corrected chi connectivity index (χ2v) is 5.28. The number of benzene rings is 2. The minimum Gasteiger partial charge on any atom is -0.505 e. The van der Waals surface area contributed by atoms with Gasteiger partial charge in [-0.05, 0) is 36.2 Å². The molecule has 0 unspecified atom stereocenters. The summed E-state index contributed by atoms with van der Waals surface area (Å²) in [4.78, 5) is 4.44. The number of oxazole rings is 1. The Morgan fingerprint density at radius 2 is 1.85 bits per heavy atom. The Bertz CT molecular complexity index is 773. The molecule has 0 atom stereocenters. The van der Waals surface area contributed by atoms with Crippen LogP contribution in [-0.2, 0) is 6.42 Å². The van der Waals surface area contributed by atoms with Gasteiger partial charge in [0.05, 0.1) is 10.0 Å². The molecule has 0 fully saturated rings. The summed E-state index contributed by atoms with van der Waals surface area (Å²) < 4.78 is 5.69. The summed E-state index contributed by atoms with van der Waals surface area (Å²) in [5.41, 5.74) is 3.32. The van der Waals surface area contributed by atoms with Gasteiger partial charge in [0.2, 0.25) is 5.89 Å². The minimum atomic E-state index is -0.138. The molecule has 0 spiro atoms. The molecule has 3 aromatic rings. The average Bonchev–Trinajstić information content (AvgIpc) is 2.86. The van der Waals surface area contributed by atoms with Crippen LogP contribution in [0.5, 0.6) is 5.75 Å². The number of aromatic hydroxyl groups is 1. The van der Waals surface area contributed by atoms with E-state index in [-0.39, 0.29) is 15.8 Å². The van der Waals surface area contributed by atoms with Gasteiger partial charge in [-0.2, -0.15) is 0 Å². The molecule has 0 aliphatic carbocycles. The number of aromatic nitrogens is 1. The van der Waals surface area contributed by atoms with Crippen LogP contribution in [0.4, 0.5) is 0 Å². The van der Waals surface area contributed by atoms with Crippen molar-refractivity contribution in [3.8, 4) is 17.2 Å². The molecule has 0 saturated heterocycles. The van der Waals surface area contributed by atoms with Gasteiger partial charge >= 0.3 is 0 Å². The van der Waals surface area contributed by atoms with Crippen LogP contribution in [0.3, 0.4) is 0 Å². The number of phenols is 1. The van der Waals surface area contributed by atoms with Crippen molar-refractivity contribution in [1.29, 1.82) is 0 Å². The smallest absolute Gasteiger partial charge is 0.227 e. The standard InChI is InChI=1S/C15H11Cl2NO2/c1-2-8-3-4-13-12(5-8)18-15(20-13)9-6-10(16)14(19)11(17)7-9/h3-7,19H,2H2,1H3. The maximum Gasteiger partial charge on any atom is 0.227 e. The van der Waals surface area contributed by atoms with Crippen molar-refractivity contribution in [2.24, 2.45) is 0 Å². The van der Waals surface area contributed by atoms with Crippen molar-refractivity contribution in [1.82, 2.24) is 4.98 Å². The third kappa shape index (κ3) is 2.23. The first-order valence-corrected chi connectivity index (χ1v) is 6.92. The van der Waals surface area contributed by atoms with E-state index in [0.717, 1.165) is 11.9 Å². The fraction of sp³-hybridized carbons (Fsp3) is 0.133. The second kappa shape index (κ2) is 5.00. The molecule has 3 nitrogen and oxygen atoms in total. The number of hydrogen-bond donors (Lipinski definition) is 1. The quantitative estimate of drug-likeness (QED) is 0.719. The van der Waals surface area contributed by atoms with Crippen LogP contribution in [0.15, 0.2) is 34.7 Å². The third-order valence-electron chi connectivity index (χ3n) is 3.12. The van der Waals surface area contributed by atoms with E-state index >= 15 is 0 Å². The largest absolute Gasteiger partial charge is 0.505 e. The molecule has 1 aromatic heterocycles. The molecule has 20 heavy (non-hydrogen) atoms. The first kappa shape index (κ1) is 13.3. The fourth-order valence-electron chi connectivity index (χ4n) is 2.01. The van der Waals surface area contributed by atoms with Crippen molar-refractivity contribution in [2.45, 2.75) is 13.3 Å². The van der Waals surface area contributed by atoms with Crippen LogP contribution in [0.2, 0.25) is 10.0 Å². The summed E-state index contributed by atoms with van der Waals surface area (Å²) in [7, 11) is 0. The Labute approximate surface area is 125 Å². The Morgan fingerprint density at radius 1 is 1.15 bits per heavy atom. The average molecular weight is 308 g/mol. The van der Waals surface area contributed by atoms with Crippen molar-refractivity contribution >= 4 is 34.3 Å². The lowest BCUT2D eigenvalue weighted by Crippen LogP contribution is -1.80. The zero-order chi connectivity index (χ0) is 14.3. The fourth-order valence-corrected chi connectivity index (χ4v) is 2.49. The zero-order valence-electron chi connectivity index (χ0n) is 10.7. The zero-order valence-corrected chi connectivity index (χ0v) is 12.2. The summed E-state index contributed by atoms with van der Waals surface area (Å²) in [6.45, 7) is 2.08. The highest BCUT2D eigenvalue weighted by atomic mass is 35.5. The molecule has 2 aromatic carbocycles. The van der Waals surface area contributed by atoms with Crippen molar-refractivity contribution in [3.05, 3.63) is 45.9 Å².